The molecule has 4 nitrogen and oxygen atoms in total. The van der Waals surface area contributed by atoms with Crippen LogP contribution >= 0.6 is 0 Å². The van der Waals surface area contributed by atoms with Gasteiger partial charge < -0.3 is 5.11 Å². The van der Waals surface area contributed by atoms with Gasteiger partial charge in [-0.2, -0.15) is 0 Å². The molecule has 6 aromatic carbocycles. The van der Waals surface area contributed by atoms with Crippen LogP contribution < -0.4 is 0 Å². The number of aromatic hydroxyl groups is 1. The summed E-state index contributed by atoms with van der Waals surface area (Å²) in [6, 6.07) is 45.9. The molecule has 0 aliphatic rings. The number of pyridine rings is 1. The highest BCUT2D eigenvalue weighted by Gasteiger charge is 2.24. The first kappa shape index (κ1) is 33.8. The summed E-state index contributed by atoms with van der Waals surface area (Å²) >= 11 is 0. The molecule has 0 unspecified atom stereocenters. The maximum atomic E-state index is 11.4. The summed E-state index contributed by atoms with van der Waals surface area (Å²) in [5, 5.41) is 11.4. The standard InChI is InChI=1S/C54H53N3O/c1-34(2)36-18-20-37(21-19-36)39-27-28-55-47(33-39)41-30-40(31-43(32-41)54(7,8)9)44-14-12-15-49-51(44)56-52(45-13-10-11-16-50(45)58)57(49)48-26-17-35(3)29-46(48)38-22-24-42(25-23-38)53(4,5)6/h10-34,58H,1-9H3/i3D3,34D. The minimum atomic E-state index is -2.32. The molecule has 0 atom stereocenters. The van der Waals surface area contributed by atoms with Crippen LogP contribution in [0.3, 0.4) is 0 Å². The third-order valence-electron chi connectivity index (χ3n) is 11.1. The summed E-state index contributed by atoms with van der Waals surface area (Å²) in [5.74, 6) is -0.0691. The lowest BCUT2D eigenvalue weighted by Crippen LogP contribution is -2.11. The van der Waals surface area contributed by atoms with Gasteiger partial charge in [0.15, 0.2) is 0 Å². The molecule has 2 aromatic heterocycles. The van der Waals surface area contributed by atoms with Gasteiger partial charge in [0.2, 0.25) is 0 Å². The van der Waals surface area contributed by atoms with Gasteiger partial charge in [-0.3, -0.25) is 9.55 Å². The van der Waals surface area contributed by atoms with E-state index in [1.165, 1.54) is 5.56 Å². The molecule has 1 N–H and O–H groups in total. The van der Waals surface area contributed by atoms with E-state index in [1.807, 2.05) is 68.6 Å². The van der Waals surface area contributed by atoms with E-state index < -0.39 is 12.7 Å². The van der Waals surface area contributed by atoms with E-state index in [9.17, 15) is 5.11 Å². The third-order valence-corrected chi connectivity index (χ3v) is 11.1. The largest absolute Gasteiger partial charge is 0.507 e. The number of benzene rings is 6. The van der Waals surface area contributed by atoms with Gasteiger partial charge in [-0.25, -0.2) is 4.98 Å². The lowest BCUT2D eigenvalue weighted by Gasteiger charge is -2.22. The molecule has 0 saturated carbocycles. The molecule has 0 bridgehead atoms. The smallest absolute Gasteiger partial charge is 0.149 e. The quantitative estimate of drug-likeness (QED) is 0.176. The first-order chi connectivity index (χ1) is 29.2. The Balaban J connectivity index is 1.35. The van der Waals surface area contributed by atoms with E-state index in [2.05, 4.69) is 113 Å². The Bertz CT molecular complexity index is 2940. The van der Waals surface area contributed by atoms with Gasteiger partial charge in [-0.1, -0.05) is 146 Å². The van der Waals surface area contributed by atoms with Crippen molar-refractivity contribution in [3.8, 4) is 67.5 Å². The van der Waals surface area contributed by atoms with Crippen LogP contribution in [0, 0.1) is 6.85 Å². The highest BCUT2D eigenvalue weighted by atomic mass is 16.3. The summed E-state index contributed by atoms with van der Waals surface area (Å²) in [5.41, 5.74) is 13.4. The molecule has 0 fully saturated rings. The highest BCUT2D eigenvalue weighted by Crippen LogP contribution is 2.42. The Labute approximate surface area is 349 Å². The number of fused-ring (bicyclic) bond motifs is 1. The van der Waals surface area contributed by atoms with E-state index in [0.717, 1.165) is 72.5 Å². The Morgan fingerprint density at radius 1 is 0.603 bits per heavy atom. The van der Waals surface area contributed by atoms with Crippen molar-refractivity contribution in [1.29, 1.82) is 0 Å². The molecule has 0 spiro atoms. The van der Waals surface area contributed by atoms with Gasteiger partial charge in [0.1, 0.15) is 11.6 Å². The summed E-state index contributed by atoms with van der Waals surface area (Å²) < 4.78 is 35.6. The van der Waals surface area contributed by atoms with Gasteiger partial charge in [-0.05, 0) is 117 Å². The van der Waals surface area contributed by atoms with Gasteiger partial charge in [0.05, 0.1) is 28.0 Å². The number of aromatic nitrogens is 3. The second kappa shape index (κ2) is 14.9. The Morgan fingerprint density at radius 2 is 1.29 bits per heavy atom. The molecule has 0 aliphatic heterocycles. The third kappa shape index (κ3) is 7.47. The number of phenolic OH excluding ortho intramolecular Hbond substituents is 1. The summed E-state index contributed by atoms with van der Waals surface area (Å²) in [6.45, 7) is 14.6. The molecular weight excluding hydrogens is 707 g/mol. The van der Waals surface area contributed by atoms with E-state index in [0.29, 0.717) is 11.4 Å². The van der Waals surface area contributed by atoms with Crippen LogP contribution in [-0.4, -0.2) is 19.6 Å². The fourth-order valence-electron chi connectivity index (χ4n) is 7.66. The van der Waals surface area contributed by atoms with E-state index >= 15 is 0 Å². The average Bonchev–Trinajstić information content (AvgIpc) is 3.62. The number of phenols is 1. The molecule has 0 radical (unpaired) electrons. The van der Waals surface area contributed by atoms with Crippen molar-refractivity contribution < 1.29 is 10.6 Å². The van der Waals surface area contributed by atoms with Gasteiger partial charge in [0.25, 0.3) is 0 Å². The predicted octanol–water partition coefficient (Wildman–Crippen LogP) is 14.5. The first-order valence-electron chi connectivity index (χ1n) is 22.0. The maximum absolute atomic E-state index is 11.4. The number of imidazole rings is 1. The lowest BCUT2D eigenvalue weighted by molar-refractivity contribution is 0.477. The van der Waals surface area contributed by atoms with E-state index in [4.69, 9.17) is 15.5 Å². The van der Waals surface area contributed by atoms with Crippen molar-refractivity contribution >= 4 is 11.0 Å². The molecule has 0 saturated heterocycles. The molecule has 4 heteroatoms. The van der Waals surface area contributed by atoms with Crippen molar-refractivity contribution in [2.45, 2.75) is 79.0 Å². The normalized spacial score (nSPS) is 13.5. The van der Waals surface area contributed by atoms with Crippen LogP contribution in [0.1, 0.15) is 89.0 Å². The second-order valence-electron chi connectivity index (χ2n) is 17.6. The molecule has 0 aliphatic carbocycles. The van der Waals surface area contributed by atoms with Crippen LogP contribution in [0.25, 0.3) is 72.7 Å². The number of aryl methyl sites for hydroxylation is 1. The van der Waals surface area contributed by atoms with Crippen molar-refractivity contribution in [2.75, 3.05) is 0 Å². The monoisotopic (exact) mass is 763 g/mol. The zero-order valence-electron chi connectivity index (χ0n) is 38.6. The van der Waals surface area contributed by atoms with Crippen molar-refractivity contribution in [3.63, 3.8) is 0 Å². The zero-order chi connectivity index (χ0) is 44.4. The number of nitrogens with zero attached hydrogens (tertiary/aromatic N) is 3. The summed E-state index contributed by atoms with van der Waals surface area (Å²) in [4.78, 5) is 10.3. The van der Waals surface area contributed by atoms with Crippen LogP contribution in [0.5, 0.6) is 5.75 Å². The highest BCUT2D eigenvalue weighted by molar-refractivity contribution is 5.97. The number of para-hydroxylation sites is 2. The fourth-order valence-corrected chi connectivity index (χ4v) is 7.66. The predicted molar refractivity (Wildman–Crippen MR) is 244 cm³/mol. The van der Waals surface area contributed by atoms with Crippen LogP contribution in [0.4, 0.5) is 0 Å². The molecule has 2 heterocycles. The van der Waals surface area contributed by atoms with Gasteiger partial charge in [0, 0.05) is 28.4 Å². The SMILES string of the molecule is [2H]C([2H])([2H])c1ccc(-n2c(-c3ccccc3O)nc3c(-c4cc(-c5cc(-c6ccc(C([2H])(C)C)cc6)ccn5)cc(C(C)(C)C)c4)cccc32)c(-c2ccc(C(C)(C)C)cc2)c1. The molecule has 0 amide bonds. The minimum absolute atomic E-state index is 0.0630. The van der Waals surface area contributed by atoms with E-state index in [-0.39, 0.29) is 22.1 Å². The minimum Gasteiger partial charge on any atom is -0.507 e. The van der Waals surface area contributed by atoms with Crippen molar-refractivity contribution in [2.24, 2.45) is 0 Å². The number of hydrogen-bond acceptors (Lipinski definition) is 3. The van der Waals surface area contributed by atoms with Gasteiger partial charge >= 0.3 is 0 Å². The summed E-state index contributed by atoms with van der Waals surface area (Å²) in [6.07, 6.45) is 1.85. The molecular formula is C54H53N3O. The van der Waals surface area contributed by atoms with Crippen molar-refractivity contribution in [1.82, 2.24) is 14.5 Å². The molecule has 290 valence electrons. The van der Waals surface area contributed by atoms with Gasteiger partial charge in [-0.15, -0.1) is 0 Å². The Kier molecular flexibility index (Phi) is 8.70. The van der Waals surface area contributed by atoms with Crippen molar-refractivity contribution in [3.05, 3.63) is 168 Å². The van der Waals surface area contributed by atoms with E-state index in [1.54, 1.807) is 24.3 Å². The first-order valence-corrected chi connectivity index (χ1v) is 20.0. The average molecular weight is 764 g/mol. The lowest BCUT2D eigenvalue weighted by atomic mass is 9.83. The zero-order valence-corrected chi connectivity index (χ0v) is 34.6. The Hall–Kier alpha value is -6.26. The van der Waals surface area contributed by atoms with Crippen LogP contribution in [0.2, 0.25) is 0 Å². The molecule has 8 aromatic rings. The second-order valence-corrected chi connectivity index (χ2v) is 17.6. The number of rotatable bonds is 7. The summed E-state index contributed by atoms with van der Waals surface area (Å²) in [7, 11) is 0. The maximum Gasteiger partial charge on any atom is 0.149 e. The molecule has 8 rings (SSSR count). The van der Waals surface area contributed by atoms with Crippen LogP contribution in [-0.2, 0) is 10.8 Å². The number of hydrogen-bond donors (Lipinski definition) is 1. The Morgan fingerprint density at radius 3 is 1.98 bits per heavy atom. The molecule has 58 heavy (non-hydrogen) atoms. The fraction of sp³-hybridized carbons (Fsp3) is 0.222. The topological polar surface area (TPSA) is 50.9 Å². The van der Waals surface area contributed by atoms with Crippen LogP contribution in [0.15, 0.2) is 146 Å².